The van der Waals surface area contributed by atoms with Gasteiger partial charge in [0.1, 0.15) is 17.5 Å². The van der Waals surface area contributed by atoms with Crippen LogP contribution >= 0.6 is 0 Å². The Bertz CT molecular complexity index is 478. The molecule has 0 aliphatic heterocycles. The molecule has 21 heavy (non-hydrogen) atoms. The molecular weight excluding hydrogens is 274 g/mol. The van der Waals surface area contributed by atoms with E-state index in [0.29, 0.717) is 24.5 Å². The summed E-state index contributed by atoms with van der Waals surface area (Å²) in [5, 5.41) is 18.4. The highest BCUT2D eigenvalue weighted by Gasteiger charge is 2.42. The Labute approximate surface area is 123 Å². The van der Waals surface area contributed by atoms with Gasteiger partial charge in [-0.25, -0.2) is 9.59 Å². The van der Waals surface area contributed by atoms with Gasteiger partial charge in [0.15, 0.2) is 0 Å². The molecule has 2 rings (SSSR count). The molecule has 0 aromatic carbocycles. The topological polar surface area (TPSA) is 104 Å². The third kappa shape index (κ3) is 3.74. The van der Waals surface area contributed by atoms with Gasteiger partial charge in [-0.05, 0) is 31.6 Å². The quantitative estimate of drug-likeness (QED) is 0.769. The molecule has 0 saturated heterocycles. The molecule has 0 radical (unpaired) electrons. The number of hydrogen-bond acceptors (Lipinski definition) is 4. The molecule has 0 spiro atoms. The van der Waals surface area contributed by atoms with Gasteiger partial charge in [-0.2, -0.15) is 0 Å². The van der Waals surface area contributed by atoms with Crippen LogP contribution in [0.25, 0.3) is 0 Å². The SMILES string of the molecule is CCC1CCC(NC(=O)NCc2ccon2)(C(=O)O)CC1. The molecule has 0 unspecified atom stereocenters. The predicted octanol–water partition coefficient (Wildman–Crippen LogP) is 1.90. The summed E-state index contributed by atoms with van der Waals surface area (Å²) in [6.07, 6.45) is 5.06. The molecule has 3 N–H and O–H groups in total. The Morgan fingerprint density at radius 1 is 1.48 bits per heavy atom. The van der Waals surface area contributed by atoms with E-state index in [2.05, 4.69) is 27.2 Å². The van der Waals surface area contributed by atoms with Crippen molar-refractivity contribution in [1.29, 1.82) is 0 Å². The molecule has 1 fully saturated rings. The lowest BCUT2D eigenvalue weighted by atomic mass is 9.75. The highest BCUT2D eigenvalue weighted by molar-refractivity contribution is 5.86. The number of aromatic nitrogens is 1. The van der Waals surface area contributed by atoms with Crippen LogP contribution in [0.3, 0.4) is 0 Å². The van der Waals surface area contributed by atoms with Crippen LogP contribution in [0.1, 0.15) is 44.7 Å². The lowest BCUT2D eigenvalue weighted by molar-refractivity contribution is -0.146. The fraction of sp³-hybridized carbons (Fsp3) is 0.643. The van der Waals surface area contributed by atoms with E-state index in [1.165, 1.54) is 6.26 Å². The van der Waals surface area contributed by atoms with Crippen molar-refractivity contribution < 1.29 is 19.2 Å². The maximum Gasteiger partial charge on any atom is 0.329 e. The highest BCUT2D eigenvalue weighted by Crippen LogP contribution is 2.33. The van der Waals surface area contributed by atoms with E-state index < -0.39 is 17.5 Å². The Morgan fingerprint density at radius 3 is 2.71 bits per heavy atom. The number of carboxylic acid groups (broad SMARTS) is 1. The van der Waals surface area contributed by atoms with Crippen molar-refractivity contribution >= 4 is 12.0 Å². The second-order valence-corrected chi connectivity index (χ2v) is 5.54. The van der Waals surface area contributed by atoms with Gasteiger partial charge in [-0.1, -0.05) is 18.5 Å². The zero-order valence-corrected chi connectivity index (χ0v) is 12.1. The number of carboxylic acids is 1. The van der Waals surface area contributed by atoms with Crippen LogP contribution in [0.5, 0.6) is 0 Å². The number of rotatable bonds is 5. The van der Waals surface area contributed by atoms with Crippen molar-refractivity contribution in [2.45, 2.75) is 51.1 Å². The van der Waals surface area contributed by atoms with Gasteiger partial charge < -0.3 is 20.3 Å². The number of amides is 2. The standard InChI is InChI=1S/C14H21N3O4/c1-2-10-3-6-14(7-4-10,12(18)19)16-13(20)15-9-11-5-8-21-17-11/h5,8,10H,2-4,6-7,9H2,1H3,(H,18,19)(H2,15,16,20). The zero-order chi connectivity index (χ0) is 15.3. The summed E-state index contributed by atoms with van der Waals surface area (Å²) in [7, 11) is 0. The zero-order valence-electron chi connectivity index (χ0n) is 12.1. The van der Waals surface area contributed by atoms with Crippen molar-refractivity contribution in [3.63, 3.8) is 0 Å². The van der Waals surface area contributed by atoms with Crippen LogP contribution in [0.2, 0.25) is 0 Å². The maximum absolute atomic E-state index is 11.9. The second kappa shape index (κ2) is 6.60. The van der Waals surface area contributed by atoms with Crippen molar-refractivity contribution in [3.05, 3.63) is 18.0 Å². The molecule has 1 aliphatic carbocycles. The van der Waals surface area contributed by atoms with E-state index in [-0.39, 0.29) is 6.54 Å². The Kier molecular flexibility index (Phi) is 4.82. The number of nitrogens with one attached hydrogen (secondary N) is 2. The maximum atomic E-state index is 11.9. The van der Waals surface area contributed by atoms with E-state index >= 15 is 0 Å². The monoisotopic (exact) mass is 295 g/mol. The number of hydrogen-bond donors (Lipinski definition) is 3. The van der Waals surface area contributed by atoms with Crippen LogP contribution in [-0.4, -0.2) is 27.8 Å². The smallest absolute Gasteiger partial charge is 0.329 e. The van der Waals surface area contributed by atoms with Crippen LogP contribution in [0.15, 0.2) is 16.9 Å². The van der Waals surface area contributed by atoms with E-state index in [1.807, 2.05) is 0 Å². The van der Waals surface area contributed by atoms with E-state index in [9.17, 15) is 14.7 Å². The van der Waals surface area contributed by atoms with Crippen molar-refractivity contribution in [2.75, 3.05) is 0 Å². The Morgan fingerprint density at radius 2 is 2.19 bits per heavy atom. The normalized spacial score (nSPS) is 25.3. The first-order valence-corrected chi connectivity index (χ1v) is 7.24. The number of nitrogens with zero attached hydrogens (tertiary/aromatic N) is 1. The fourth-order valence-corrected chi connectivity index (χ4v) is 2.73. The molecule has 1 heterocycles. The van der Waals surface area contributed by atoms with Gasteiger partial charge in [0.25, 0.3) is 0 Å². The van der Waals surface area contributed by atoms with Crippen LogP contribution in [0, 0.1) is 5.92 Å². The molecule has 2 amide bonds. The largest absolute Gasteiger partial charge is 0.480 e. The molecule has 0 bridgehead atoms. The van der Waals surface area contributed by atoms with Crippen LogP contribution < -0.4 is 10.6 Å². The van der Waals surface area contributed by atoms with Crippen molar-refractivity contribution in [2.24, 2.45) is 5.92 Å². The van der Waals surface area contributed by atoms with Crippen LogP contribution in [-0.2, 0) is 11.3 Å². The minimum absolute atomic E-state index is 0.204. The molecule has 1 aromatic heterocycles. The summed E-state index contributed by atoms with van der Waals surface area (Å²) in [4.78, 5) is 23.5. The van der Waals surface area contributed by atoms with E-state index in [0.717, 1.165) is 19.3 Å². The summed E-state index contributed by atoms with van der Waals surface area (Å²) in [6.45, 7) is 2.31. The average molecular weight is 295 g/mol. The first kappa shape index (κ1) is 15.3. The molecular formula is C14H21N3O4. The lowest BCUT2D eigenvalue weighted by Gasteiger charge is -2.37. The van der Waals surface area contributed by atoms with Crippen LogP contribution in [0.4, 0.5) is 4.79 Å². The van der Waals surface area contributed by atoms with E-state index in [4.69, 9.17) is 0 Å². The van der Waals surface area contributed by atoms with Gasteiger partial charge in [-0.3, -0.25) is 0 Å². The summed E-state index contributed by atoms with van der Waals surface area (Å²) in [5.74, 6) is -0.411. The molecule has 116 valence electrons. The minimum Gasteiger partial charge on any atom is -0.480 e. The molecule has 7 nitrogen and oxygen atoms in total. The average Bonchev–Trinajstić information content (AvgIpc) is 2.99. The van der Waals surface area contributed by atoms with Gasteiger partial charge in [-0.15, -0.1) is 0 Å². The predicted molar refractivity (Wildman–Crippen MR) is 74.5 cm³/mol. The minimum atomic E-state index is -1.15. The fourth-order valence-electron chi connectivity index (χ4n) is 2.73. The third-order valence-electron chi connectivity index (χ3n) is 4.22. The summed E-state index contributed by atoms with van der Waals surface area (Å²) >= 11 is 0. The lowest BCUT2D eigenvalue weighted by Crippen LogP contribution is -2.58. The summed E-state index contributed by atoms with van der Waals surface area (Å²) in [5.41, 5.74) is -0.566. The highest BCUT2D eigenvalue weighted by atomic mass is 16.5. The molecule has 1 aliphatic rings. The summed E-state index contributed by atoms with van der Waals surface area (Å²) in [6, 6.07) is 1.15. The first-order chi connectivity index (χ1) is 10.1. The van der Waals surface area contributed by atoms with Gasteiger partial charge in [0, 0.05) is 6.07 Å². The van der Waals surface area contributed by atoms with Gasteiger partial charge in [0.05, 0.1) is 6.54 Å². The van der Waals surface area contributed by atoms with Gasteiger partial charge in [0.2, 0.25) is 0 Å². The Balaban J connectivity index is 1.90. The number of carbonyl (C=O) groups excluding carboxylic acids is 1. The first-order valence-electron chi connectivity index (χ1n) is 7.24. The van der Waals surface area contributed by atoms with Crippen molar-refractivity contribution in [3.8, 4) is 0 Å². The van der Waals surface area contributed by atoms with Gasteiger partial charge >= 0.3 is 12.0 Å². The molecule has 1 aromatic rings. The number of carbonyl (C=O) groups is 2. The third-order valence-corrected chi connectivity index (χ3v) is 4.22. The molecule has 7 heteroatoms. The summed E-state index contributed by atoms with van der Waals surface area (Å²) < 4.78 is 4.66. The Hall–Kier alpha value is -2.05. The number of urea groups is 1. The molecule has 1 saturated carbocycles. The van der Waals surface area contributed by atoms with Crippen molar-refractivity contribution in [1.82, 2.24) is 15.8 Å². The number of aliphatic carboxylic acids is 1. The second-order valence-electron chi connectivity index (χ2n) is 5.54. The van der Waals surface area contributed by atoms with E-state index in [1.54, 1.807) is 6.07 Å². The molecule has 0 atom stereocenters.